The van der Waals surface area contributed by atoms with Gasteiger partial charge in [0.1, 0.15) is 0 Å². The van der Waals surface area contributed by atoms with Crippen molar-refractivity contribution in [2.75, 3.05) is 6.54 Å². The van der Waals surface area contributed by atoms with Crippen LogP contribution >= 0.6 is 0 Å². The molecule has 0 unspecified atom stereocenters. The van der Waals surface area contributed by atoms with E-state index in [1.165, 1.54) is 12.1 Å². The lowest BCUT2D eigenvalue weighted by atomic mass is 10.1. The van der Waals surface area contributed by atoms with Gasteiger partial charge in [-0.2, -0.15) is 0 Å². The van der Waals surface area contributed by atoms with Gasteiger partial charge >= 0.3 is 5.97 Å². The van der Waals surface area contributed by atoms with E-state index >= 15 is 0 Å². The topological polar surface area (TPSA) is 104 Å². The highest BCUT2D eigenvalue weighted by molar-refractivity contribution is 5.66. The first-order valence-electron chi connectivity index (χ1n) is 4.94. The highest BCUT2D eigenvalue weighted by atomic mass is 16.4. The van der Waals surface area contributed by atoms with Crippen molar-refractivity contribution >= 4 is 5.97 Å². The Bertz CT molecular complexity index is 339. The molecule has 0 spiro atoms. The first kappa shape index (κ1) is 14.2. The van der Waals surface area contributed by atoms with Crippen molar-refractivity contribution in [2.45, 2.75) is 19.8 Å². The van der Waals surface area contributed by atoms with E-state index in [9.17, 15) is 4.79 Å². The molecule has 1 aromatic rings. The number of nitrogens with two attached hydrogens (primary N) is 1. The molecule has 0 amide bonds. The van der Waals surface area contributed by atoms with Crippen molar-refractivity contribution in [3.63, 3.8) is 0 Å². The number of phenolic OH excluding ortho intramolecular Hbond substituents is 2. The van der Waals surface area contributed by atoms with Gasteiger partial charge in [0.15, 0.2) is 11.5 Å². The van der Waals surface area contributed by atoms with Gasteiger partial charge in [-0.1, -0.05) is 13.0 Å². The summed E-state index contributed by atoms with van der Waals surface area (Å²) in [6.07, 6.45) is 0.938. The molecule has 0 atom stereocenters. The largest absolute Gasteiger partial charge is 0.504 e. The zero-order valence-electron chi connectivity index (χ0n) is 9.18. The number of aromatic hydroxyl groups is 2. The number of benzene rings is 1. The van der Waals surface area contributed by atoms with E-state index in [2.05, 4.69) is 0 Å². The smallest absolute Gasteiger partial charge is 0.303 e. The molecule has 0 aromatic heterocycles. The Morgan fingerprint density at radius 2 is 1.88 bits per heavy atom. The summed E-state index contributed by atoms with van der Waals surface area (Å²) in [5.41, 5.74) is 6.24. The maximum absolute atomic E-state index is 9.37. The SMILES string of the molecule is CCC(=O)O.NCCc1ccc(O)c(O)c1. The van der Waals surface area contributed by atoms with Crippen LogP contribution in [0.4, 0.5) is 0 Å². The normalized spacial score (nSPS) is 9.12. The molecule has 5 N–H and O–H groups in total. The van der Waals surface area contributed by atoms with Crippen molar-refractivity contribution in [1.29, 1.82) is 0 Å². The number of rotatable bonds is 3. The van der Waals surface area contributed by atoms with Gasteiger partial charge in [-0.05, 0) is 30.7 Å². The number of carboxylic acid groups (broad SMARTS) is 1. The van der Waals surface area contributed by atoms with Crippen LogP contribution in [-0.4, -0.2) is 27.8 Å². The van der Waals surface area contributed by atoms with E-state index in [0.717, 1.165) is 5.56 Å². The van der Waals surface area contributed by atoms with E-state index in [-0.39, 0.29) is 17.9 Å². The summed E-state index contributed by atoms with van der Waals surface area (Å²) in [7, 11) is 0. The number of phenols is 2. The minimum absolute atomic E-state index is 0.0871. The Morgan fingerprint density at radius 3 is 2.25 bits per heavy atom. The van der Waals surface area contributed by atoms with Gasteiger partial charge < -0.3 is 21.1 Å². The van der Waals surface area contributed by atoms with Gasteiger partial charge in [0.05, 0.1) is 0 Å². The number of carboxylic acids is 1. The minimum atomic E-state index is -0.745. The summed E-state index contributed by atoms with van der Waals surface area (Å²) in [4.78, 5) is 9.37. The minimum Gasteiger partial charge on any atom is -0.504 e. The Hall–Kier alpha value is -1.75. The molecule has 5 heteroatoms. The standard InChI is InChI=1S/C8H11NO2.C3H6O2/c9-4-3-6-1-2-7(10)8(11)5-6;1-2-3(4)5/h1-2,5,10-11H,3-4,9H2;2H2,1H3,(H,4,5). The van der Waals surface area contributed by atoms with Gasteiger partial charge in [0, 0.05) is 6.42 Å². The fourth-order valence-electron chi connectivity index (χ4n) is 0.891. The highest BCUT2D eigenvalue weighted by Gasteiger charge is 1.98. The Morgan fingerprint density at radius 1 is 1.31 bits per heavy atom. The number of hydrogen-bond donors (Lipinski definition) is 4. The van der Waals surface area contributed by atoms with Crippen molar-refractivity contribution in [3.8, 4) is 11.5 Å². The second-order valence-corrected chi connectivity index (χ2v) is 3.11. The van der Waals surface area contributed by atoms with Crippen LogP contribution < -0.4 is 5.73 Å². The molecule has 0 saturated heterocycles. The van der Waals surface area contributed by atoms with E-state index in [1.54, 1.807) is 13.0 Å². The summed E-state index contributed by atoms with van der Waals surface area (Å²) >= 11 is 0. The molecule has 0 aliphatic heterocycles. The predicted molar refractivity (Wildman–Crippen MR) is 60.5 cm³/mol. The third kappa shape index (κ3) is 5.87. The third-order valence-electron chi connectivity index (χ3n) is 1.78. The fourth-order valence-corrected chi connectivity index (χ4v) is 0.891. The van der Waals surface area contributed by atoms with Crippen molar-refractivity contribution in [3.05, 3.63) is 23.8 Å². The molecular formula is C11H17NO4. The molecule has 90 valence electrons. The molecule has 0 heterocycles. The molecule has 0 aliphatic carbocycles. The second-order valence-electron chi connectivity index (χ2n) is 3.11. The van der Waals surface area contributed by atoms with E-state index in [1.807, 2.05) is 0 Å². The summed E-state index contributed by atoms with van der Waals surface area (Å²) in [5, 5.41) is 25.7. The molecule has 0 saturated carbocycles. The number of aliphatic carboxylic acids is 1. The van der Waals surface area contributed by atoms with Crippen LogP contribution in [0.3, 0.4) is 0 Å². The van der Waals surface area contributed by atoms with Crippen LogP contribution in [0.2, 0.25) is 0 Å². The fraction of sp³-hybridized carbons (Fsp3) is 0.364. The molecule has 0 bridgehead atoms. The van der Waals surface area contributed by atoms with Crippen LogP contribution in [0, 0.1) is 0 Å². The predicted octanol–water partition coefficient (Wildman–Crippen LogP) is 1.08. The number of carbonyl (C=O) groups is 1. The molecule has 1 aromatic carbocycles. The molecule has 1 rings (SSSR count). The van der Waals surface area contributed by atoms with Gasteiger partial charge in [0.2, 0.25) is 0 Å². The highest BCUT2D eigenvalue weighted by Crippen LogP contribution is 2.24. The van der Waals surface area contributed by atoms with Gasteiger partial charge in [-0.25, -0.2) is 0 Å². The van der Waals surface area contributed by atoms with Crippen molar-refractivity contribution in [2.24, 2.45) is 5.73 Å². The van der Waals surface area contributed by atoms with E-state index < -0.39 is 5.97 Å². The maximum Gasteiger partial charge on any atom is 0.303 e. The van der Waals surface area contributed by atoms with Gasteiger partial charge in [0.25, 0.3) is 0 Å². The molecule has 5 nitrogen and oxygen atoms in total. The lowest BCUT2D eigenvalue weighted by molar-refractivity contribution is -0.136. The summed E-state index contributed by atoms with van der Waals surface area (Å²) in [5.74, 6) is -0.924. The average Bonchev–Trinajstić information content (AvgIpc) is 2.25. The Kier molecular flexibility index (Phi) is 6.71. The maximum atomic E-state index is 9.37. The van der Waals surface area contributed by atoms with Crippen LogP contribution in [0.5, 0.6) is 11.5 Å². The molecule has 0 aliphatic rings. The van der Waals surface area contributed by atoms with Crippen LogP contribution in [0.25, 0.3) is 0 Å². The average molecular weight is 227 g/mol. The molecule has 0 radical (unpaired) electrons. The van der Waals surface area contributed by atoms with Crippen LogP contribution in [-0.2, 0) is 11.2 Å². The summed E-state index contributed by atoms with van der Waals surface area (Å²) < 4.78 is 0. The van der Waals surface area contributed by atoms with Crippen LogP contribution in [0.1, 0.15) is 18.9 Å². The molecule has 0 fully saturated rings. The number of hydrogen-bond acceptors (Lipinski definition) is 4. The lowest BCUT2D eigenvalue weighted by Gasteiger charge is -2.00. The third-order valence-corrected chi connectivity index (χ3v) is 1.78. The van der Waals surface area contributed by atoms with E-state index in [4.69, 9.17) is 21.1 Å². The first-order chi connectivity index (χ1) is 7.51. The second kappa shape index (κ2) is 7.53. The molecular weight excluding hydrogens is 210 g/mol. The zero-order chi connectivity index (χ0) is 12.6. The summed E-state index contributed by atoms with van der Waals surface area (Å²) in [6.45, 7) is 2.15. The quantitative estimate of drug-likeness (QED) is 0.578. The van der Waals surface area contributed by atoms with Crippen molar-refractivity contribution in [1.82, 2.24) is 0 Å². The zero-order valence-corrected chi connectivity index (χ0v) is 9.18. The van der Waals surface area contributed by atoms with Gasteiger partial charge in [-0.3, -0.25) is 4.79 Å². The lowest BCUT2D eigenvalue weighted by Crippen LogP contribution is -2.02. The molecule has 16 heavy (non-hydrogen) atoms. The Balaban J connectivity index is 0.000000385. The monoisotopic (exact) mass is 227 g/mol. The van der Waals surface area contributed by atoms with Gasteiger partial charge in [-0.15, -0.1) is 0 Å². The van der Waals surface area contributed by atoms with Crippen molar-refractivity contribution < 1.29 is 20.1 Å². The van der Waals surface area contributed by atoms with E-state index in [0.29, 0.717) is 13.0 Å². The van der Waals surface area contributed by atoms with Crippen LogP contribution in [0.15, 0.2) is 18.2 Å². The Labute approximate surface area is 94.1 Å². The first-order valence-corrected chi connectivity index (χ1v) is 4.94. The summed E-state index contributed by atoms with van der Waals surface area (Å²) in [6, 6.07) is 4.71.